The number of aryl methyl sites for hydroxylation is 2. The van der Waals surface area contributed by atoms with Crippen LogP contribution >= 0.6 is 0 Å². The van der Waals surface area contributed by atoms with Gasteiger partial charge in [0.15, 0.2) is 6.61 Å². The lowest BCUT2D eigenvalue weighted by atomic mass is 9.98. The number of carbonyl (C=O) groups excluding carboxylic acids is 1. The normalized spacial score (nSPS) is 13.1. The number of hydrogen-bond donors (Lipinski definition) is 2. The summed E-state index contributed by atoms with van der Waals surface area (Å²) in [5.41, 5.74) is 6.34. The van der Waals surface area contributed by atoms with Crippen LogP contribution in [0.2, 0.25) is 0 Å². The van der Waals surface area contributed by atoms with E-state index in [0.717, 1.165) is 33.6 Å². The fourth-order valence-corrected chi connectivity index (χ4v) is 3.21. The van der Waals surface area contributed by atoms with Crippen LogP contribution in [-0.2, 0) is 18.4 Å². The van der Waals surface area contributed by atoms with Crippen molar-refractivity contribution in [2.75, 3.05) is 11.9 Å². The molecule has 0 spiro atoms. The first-order chi connectivity index (χ1) is 12.6. The second-order valence-electron chi connectivity index (χ2n) is 6.41. The maximum Gasteiger partial charge on any atom is 0.262 e. The number of aliphatic hydroxyl groups is 1. The first-order valence-electron chi connectivity index (χ1n) is 8.36. The molecule has 2 heterocycles. The molecule has 2 aromatic carbocycles. The molecule has 0 unspecified atom stereocenters. The van der Waals surface area contributed by atoms with E-state index >= 15 is 0 Å². The zero-order valence-electron chi connectivity index (χ0n) is 14.6. The number of benzene rings is 2. The molecule has 0 saturated heterocycles. The Morgan fingerprint density at radius 2 is 2.12 bits per heavy atom. The highest BCUT2D eigenvalue weighted by Gasteiger charge is 2.20. The van der Waals surface area contributed by atoms with Gasteiger partial charge in [0, 0.05) is 18.2 Å². The number of nitrogens with zero attached hydrogens (tertiary/aromatic N) is 2. The summed E-state index contributed by atoms with van der Waals surface area (Å²) >= 11 is 0. The zero-order chi connectivity index (χ0) is 18.3. The van der Waals surface area contributed by atoms with E-state index in [4.69, 9.17) is 4.74 Å². The van der Waals surface area contributed by atoms with E-state index in [1.807, 2.05) is 54.9 Å². The molecule has 1 aliphatic rings. The first-order valence-corrected chi connectivity index (χ1v) is 8.36. The monoisotopic (exact) mass is 349 g/mol. The van der Waals surface area contributed by atoms with Crippen LogP contribution in [-0.4, -0.2) is 27.2 Å². The first kappa shape index (κ1) is 16.4. The molecule has 6 heteroatoms. The number of imidazole rings is 1. The van der Waals surface area contributed by atoms with Crippen molar-refractivity contribution >= 4 is 11.6 Å². The van der Waals surface area contributed by atoms with Crippen LogP contribution in [0.4, 0.5) is 5.69 Å². The van der Waals surface area contributed by atoms with Gasteiger partial charge >= 0.3 is 0 Å². The highest BCUT2D eigenvalue weighted by molar-refractivity contribution is 5.96. The molecule has 4 rings (SSSR count). The highest BCUT2D eigenvalue weighted by Crippen LogP contribution is 2.37. The second-order valence-corrected chi connectivity index (χ2v) is 6.41. The number of rotatable bonds is 3. The van der Waals surface area contributed by atoms with E-state index in [2.05, 4.69) is 10.3 Å². The van der Waals surface area contributed by atoms with E-state index in [0.29, 0.717) is 11.4 Å². The molecule has 1 aromatic heterocycles. The Morgan fingerprint density at radius 1 is 1.27 bits per heavy atom. The standard InChI is InChI=1S/C20H19N3O3/c1-12-3-4-13(9-24)7-15(12)19-20(23(2)11-21-19)14-5-6-16-17(8-14)26-10-18(25)22-16/h3-8,11,24H,9-10H2,1-2H3,(H,22,25). The molecule has 26 heavy (non-hydrogen) atoms. The minimum Gasteiger partial charge on any atom is -0.482 e. The van der Waals surface area contributed by atoms with Gasteiger partial charge in [-0.25, -0.2) is 4.98 Å². The van der Waals surface area contributed by atoms with Crippen LogP contribution in [0.25, 0.3) is 22.5 Å². The Morgan fingerprint density at radius 3 is 2.92 bits per heavy atom. The van der Waals surface area contributed by atoms with Crippen molar-refractivity contribution in [1.82, 2.24) is 9.55 Å². The van der Waals surface area contributed by atoms with Gasteiger partial charge in [-0.3, -0.25) is 4.79 Å². The largest absolute Gasteiger partial charge is 0.482 e. The van der Waals surface area contributed by atoms with Crippen LogP contribution in [0.15, 0.2) is 42.7 Å². The van der Waals surface area contributed by atoms with E-state index in [1.54, 1.807) is 6.33 Å². The molecule has 2 N–H and O–H groups in total. The SMILES string of the molecule is Cc1ccc(CO)cc1-c1ncn(C)c1-c1ccc2c(c1)OCC(=O)N2. The summed E-state index contributed by atoms with van der Waals surface area (Å²) in [5, 5.41) is 12.3. The summed E-state index contributed by atoms with van der Waals surface area (Å²) in [7, 11) is 1.94. The summed E-state index contributed by atoms with van der Waals surface area (Å²) in [4.78, 5) is 16.1. The van der Waals surface area contributed by atoms with Crippen molar-refractivity contribution < 1.29 is 14.6 Å². The molecule has 6 nitrogen and oxygen atoms in total. The number of carbonyl (C=O) groups is 1. The minimum absolute atomic E-state index is 0.0121. The lowest BCUT2D eigenvalue weighted by molar-refractivity contribution is -0.118. The summed E-state index contributed by atoms with van der Waals surface area (Å²) in [6.45, 7) is 2.04. The van der Waals surface area contributed by atoms with Crippen molar-refractivity contribution in [3.05, 3.63) is 53.9 Å². The Labute approximate surface area is 151 Å². The molecular weight excluding hydrogens is 330 g/mol. The Bertz CT molecular complexity index is 1010. The number of aliphatic hydroxyl groups excluding tert-OH is 1. The minimum atomic E-state index is -0.150. The molecule has 0 fully saturated rings. The molecule has 132 valence electrons. The summed E-state index contributed by atoms with van der Waals surface area (Å²) in [6.07, 6.45) is 1.78. The highest BCUT2D eigenvalue weighted by atomic mass is 16.5. The number of amides is 1. The number of hydrogen-bond acceptors (Lipinski definition) is 4. The lowest BCUT2D eigenvalue weighted by Gasteiger charge is -2.19. The van der Waals surface area contributed by atoms with Gasteiger partial charge in [0.05, 0.1) is 30.0 Å². The van der Waals surface area contributed by atoms with Gasteiger partial charge in [0.25, 0.3) is 5.91 Å². The van der Waals surface area contributed by atoms with E-state index in [9.17, 15) is 9.90 Å². The molecule has 0 aliphatic carbocycles. The predicted molar refractivity (Wildman–Crippen MR) is 98.9 cm³/mol. The molecule has 0 atom stereocenters. The molecular formula is C20H19N3O3. The quantitative estimate of drug-likeness (QED) is 0.762. The van der Waals surface area contributed by atoms with Crippen LogP contribution in [0.1, 0.15) is 11.1 Å². The fraction of sp³-hybridized carbons (Fsp3) is 0.200. The number of aromatic nitrogens is 2. The predicted octanol–water partition coefficient (Wildman–Crippen LogP) is 2.89. The van der Waals surface area contributed by atoms with Gasteiger partial charge in [0.1, 0.15) is 5.75 Å². The molecule has 1 aliphatic heterocycles. The Kier molecular flexibility index (Phi) is 3.97. The van der Waals surface area contributed by atoms with Gasteiger partial charge in [-0.05, 0) is 36.2 Å². The average Bonchev–Trinajstić information content (AvgIpc) is 3.03. The van der Waals surface area contributed by atoms with Crippen LogP contribution in [0.5, 0.6) is 5.75 Å². The van der Waals surface area contributed by atoms with Gasteiger partial charge < -0.3 is 19.7 Å². The molecule has 0 radical (unpaired) electrons. The van der Waals surface area contributed by atoms with Crippen molar-refractivity contribution in [1.29, 1.82) is 0 Å². The third-order valence-corrected chi connectivity index (χ3v) is 4.56. The fourth-order valence-electron chi connectivity index (χ4n) is 3.21. The van der Waals surface area contributed by atoms with Gasteiger partial charge in [-0.1, -0.05) is 18.2 Å². The lowest BCUT2D eigenvalue weighted by Crippen LogP contribution is -2.25. The Hall–Kier alpha value is -3.12. The van der Waals surface area contributed by atoms with Crippen LogP contribution in [0.3, 0.4) is 0 Å². The number of nitrogens with one attached hydrogen (secondary N) is 1. The average molecular weight is 349 g/mol. The zero-order valence-corrected chi connectivity index (χ0v) is 14.6. The van der Waals surface area contributed by atoms with Gasteiger partial charge in [0.2, 0.25) is 0 Å². The summed E-state index contributed by atoms with van der Waals surface area (Å²) in [6, 6.07) is 11.6. The van der Waals surface area contributed by atoms with Gasteiger partial charge in [-0.15, -0.1) is 0 Å². The van der Waals surface area contributed by atoms with Gasteiger partial charge in [-0.2, -0.15) is 0 Å². The number of ether oxygens (including phenoxy) is 1. The van der Waals surface area contributed by atoms with Crippen LogP contribution in [0, 0.1) is 6.92 Å². The molecule has 3 aromatic rings. The molecule has 0 bridgehead atoms. The van der Waals surface area contributed by atoms with Crippen molar-refractivity contribution in [3.8, 4) is 28.3 Å². The third-order valence-electron chi connectivity index (χ3n) is 4.56. The Balaban J connectivity index is 1.85. The smallest absolute Gasteiger partial charge is 0.262 e. The van der Waals surface area contributed by atoms with E-state index in [-0.39, 0.29) is 19.1 Å². The summed E-state index contributed by atoms with van der Waals surface area (Å²) < 4.78 is 7.51. The molecule has 1 amide bonds. The number of fused-ring (bicyclic) bond motifs is 1. The maximum atomic E-state index is 11.5. The van der Waals surface area contributed by atoms with Crippen molar-refractivity contribution in [3.63, 3.8) is 0 Å². The maximum absolute atomic E-state index is 11.5. The van der Waals surface area contributed by atoms with Crippen molar-refractivity contribution in [2.24, 2.45) is 7.05 Å². The van der Waals surface area contributed by atoms with Crippen LogP contribution < -0.4 is 10.1 Å². The van der Waals surface area contributed by atoms with Crippen molar-refractivity contribution in [2.45, 2.75) is 13.5 Å². The van der Waals surface area contributed by atoms with E-state index < -0.39 is 0 Å². The number of anilines is 1. The molecule has 0 saturated carbocycles. The topological polar surface area (TPSA) is 76.4 Å². The van der Waals surface area contributed by atoms with E-state index in [1.165, 1.54) is 0 Å². The summed E-state index contributed by atoms with van der Waals surface area (Å²) in [5.74, 6) is 0.498. The second kappa shape index (κ2) is 6.31. The third kappa shape index (κ3) is 2.74.